The van der Waals surface area contributed by atoms with Crippen molar-refractivity contribution >= 4 is 33.4 Å². The van der Waals surface area contributed by atoms with E-state index in [1.165, 1.54) is 11.3 Å². The molecule has 2 heterocycles. The summed E-state index contributed by atoms with van der Waals surface area (Å²) in [6, 6.07) is 2.39. The van der Waals surface area contributed by atoms with E-state index < -0.39 is 22.2 Å². The molecule has 8 nitrogen and oxygen atoms in total. The Labute approximate surface area is 164 Å². The number of thiophene rings is 1. The third-order valence-corrected chi connectivity index (χ3v) is 7.29. The summed E-state index contributed by atoms with van der Waals surface area (Å²) in [4.78, 5) is 26.1. The first kappa shape index (κ1) is 21.6. The van der Waals surface area contributed by atoms with Crippen LogP contribution in [0.15, 0.2) is 21.7 Å². The van der Waals surface area contributed by atoms with E-state index in [0.717, 1.165) is 0 Å². The van der Waals surface area contributed by atoms with E-state index >= 15 is 0 Å². The van der Waals surface area contributed by atoms with Crippen LogP contribution < -0.4 is 10.0 Å². The summed E-state index contributed by atoms with van der Waals surface area (Å²) in [7, 11) is -3.51. The van der Waals surface area contributed by atoms with E-state index in [1.807, 2.05) is 13.8 Å². The zero-order valence-corrected chi connectivity index (χ0v) is 17.4. The Kier molecular flexibility index (Phi) is 7.63. The van der Waals surface area contributed by atoms with Gasteiger partial charge in [-0.3, -0.25) is 4.79 Å². The van der Waals surface area contributed by atoms with Gasteiger partial charge in [0, 0.05) is 19.1 Å². The highest BCUT2D eigenvalue weighted by Crippen LogP contribution is 2.19. The van der Waals surface area contributed by atoms with E-state index in [4.69, 9.17) is 4.74 Å². The molecule has 1 unspecified atom stereocenters. The molecule has 0 spiro atoms. The van der Waals surface area contributed by atoms with Gasteiger partial charge in [0.25, 0.3) is 0 Å². The van der Waals surface area contributed by atoms with Crippen LogP contribution in [0.25, 0.3) is 0 Å². The van der Waals surface area contributed by atoms with Crippen LogP contribution in [0.4, 0.5) is 4.79 Å². The second kappa shape index (κ2) is 9.52. The van der Waals surface area contributed by atoms with Crippen LogP contribution in [0.5, 0.6) is 0 Å². The number of likely N-dealkylation sites (tertiary alicyclic amines) is 1. The van der Waals surface area contributed by atoms with Crippen LogP contribution in [-0.4, -0.2) is 57.1 Å². The van der Waals surface area contributed by atoms with Gasteiger partial charge in [0.05, 0.1) is 6.61 Å². The highest BCUT2D eigenvalue weighted by atomic mass is 32.2. The molecule has 2 rings (SSSR count). The predicted molar refractivity (Wildman–Crippen MR) is 103 cm³/mol. The van der Waals surface area contributed by atoms with Gasteiger partial charge in [0.2, 0.25) is 15.9 Å². The summed E-state index contributed by atoms with van der Waals surface area (Å²) >= 11 is 1.17. The van der Waals surface area contributed by atoms with Gasteiger partial charge in [-0.25, -0.2) is 17.9 Å². The van der Waals surface area contributed by atoms with Gasteiger partial charge in [-0.15, -0.1) is 11.3 Å². The molecule has 2 N–H and O–H groups in total. The first-order valence-corrected chi connectivity index (χ1v) is 11.4. The molecule has 10 heteroatoms. The molecule has 0 bridgehead atoms. The Bertz CT molecular complexity index is 726. The van der Waals surface area contributed by atoms with Crippen molar-refractivity contribution in [3.8, 4) is 0 Å². The highest BCUT2D eigenvalue weighted by Gasteiger charge is 2.32. The molecule has 1 aromatic rings. The van der Waals surface area contributed by atoms with E-state index in [0.29, 0.717) is 30.1 Å². The Hall–Kier alpha value is -1.65. The summed E-state index contributed by atoms with van der Waals surface area (Å²) in [5, 5.41) is 4.34. The molecule has 1 saturated heterocycles. The number of hydrogen-bond acceptors (Lipinski definition) is 6. The lowest BCUT2D eigenvalue weighted by Crippen LogP contribution is -2.54. The van der Waals surface area contributed by atoms with Crippen molar-refractivity contribution in [1.82, 2.24) is 14.9 Å². The molecule has 1 aromatic heterocycles. The van der Waals surface area contributed by atoms with Crippen LogP contribution >= 0.6 is 11.3 Å². The first-order chi connectivity index (χ1) is 12.7. The molecule has 1 atom stereocenters. The fourth-order valence-electron chi connectivity index (χ4n) is 2.92. The number of rotatable bonds is 7. The number of nitrogens with one attached hydrogen (secondary N) is 2. The van der Waals surface area contributed by atoms with Gasteiger partial charge in [0.15, 0.2) is 0 Å². The fraction of sp³-hybridized carbons (Fsp3) is 0.647. The predicted octanol–water partition coefficient (Wildman–Crippen LogP) is 1.79. The van der Waals surface area contributed by atoms with Crippen molar-refractivity contribution in [2.75, 3.05) is 19.7 Å². The minimum atomic E-state index is -3.51. The Morgan fingerprint density at radius 3 is 2.52 bits per heavy atom. The molecule has 0 saturated carbocycles. The van der Waals surface area contributed by atoms with Gasteiger partial charge >= 0.3 is 6.09 Å². The third kappa shape index (κ3) is 5.91. The molecule has 0 radical (unpaired) electrons. The average molecular weight is 418 g/mol. The van der Waals surface area contributed by atoms with E-state index in [-0.39, 0.29) is 24.5 Å². The number of hydrogen-bond donors (Lipinski definition) is 2. The Morgan fingerprint density at radius 1 is 1.33 bits per heavy atom. The molecule has 1 aliphatic rings. The van der Waals surface area contributed by atoms with Crippen LogP contribution in [0.1, 0.15) is 33.6 Å². The van der Waals surface area contributed by atoms with Gasteiger partial charge in [-0.1, -0.05) is 19.9 Å². The maximum atomic E-state index is 12.8. The lowest BCUT2D eigenvalue weighted by Gasteiger charge is -2.35. The standard InChI is InChI=1S/C17H27N3O5S2/c1-4-25-17(22)18-15(12(2)3)16(21)20-9-7-13(8-10-20)19-27(23,24)14-6-5-11-26-14/h5-6,11-13,15,19H,4,7-10H2,1-3H3,(H,18,22). The van der Waals surface area contributed by atoms with Gasteiger partial charge < -0.3 is 15.0 Å². The van der Waals surface area contributed by atoms with Crippen molar-refractivity contribution in [1.29, 1.82) is 0 Å². The van der Waals surface area contributed by atoms with Crippen molar-refractivity contribution < 1.29 is 22.7 Å². The monoisotopic (exact) mass is 417 g/mol. The van der Waals surface area contributed by atoms with Gasteiger partial charge in [-0.2, -0.15) is 0 Å². The van der Waals surface area contributed by atoms with E-state index in [2.05, 4.69) is 10.0 Å². The quantitative estimate of drug-likeness (QED) is 0.704. The second-order valence-electron chi connectivity index (χ2n) is 6.74. The van der Waals surface area contributed by atoms with Crippen molar-refractivity contribution in [2.24, 2.45) is 5.92 Å². The number of sulfonamides is 1. The average Bonchev–Trinajstić information content (AvgIpc) is 3.15. The van der Waals surface area contributed by atoms with Crippen molar-refractivity contribution in [2.45, 2.75) is 49.9 Å². The number of carbonyl (C=O) groups excluding carboxylic acids is 2. The normalized spacial score (nSPS) is 17.0. The Balaban J connectivity index is 1.91. The maximum Gasteiger partial charge on any atom is 0.407 e. The molecule has 152 valence electrons. The summed E-state index contributed by atoms with van der Waals surface area (Å²) in [6.07, 6.45) is 0.448. The summed E-state index contributed by atoms with van der Waals surface area (Å²) in [5.74, 6) is -0.255. The van der Waals surface area contributed by atoms with Crippen LogP contribution in [0.2, 0.25) is 0 Å². The molecular weight excluding hydrogens is 390 g/mol. The number of piperidine rings is 1. The smallest absolute Gasteiger partial charge is 0.407 e. The number of carbonyl (C=O) groups is 2. The second-order valence-corrected chi connectivity index (χ2v) is 9.63. The van der Waals surface area contributed by atoms with Gasteiger partial charge in [0.1, 0.15) is 10.3 Å². The first-order valence-electron chi connectivity index (χ1n) is 9.02. The number of nitrogens with zero attached hydrogens (tertiary/aromatic N) is 1. The van der Waals surface area contributed by atoms with Crippen molar-refractivity contribution in [3.63, 3.8) is 0 Å². The van der Waals surface area contributed by atoms with Crippen LogP contribution in [0.3, 0.4) is 0 Å². The Morgan fingerprint density at radius 2 is 2.00 bits per heavy atom. The van der Waals surface area contributed by atoms with Crippen LogP contribution in [-0.2, 0) is 19.6 Å². The minimum Gasteiger partial charge on any atom is -0.450 e. The molecule has 1 aliphatic heterocycles. The number of alkyl carbamates (subject to hydrolysis) is 1. The summed E-state index contributed by atoms with van der Waals surface area (Å²) in [5.41, 5.74) is 0. The fourth-order valence-corrected chi connectivity index (χ4v) is 5.24. The molecule has 1 fully saturated rings. The third-order valence-electron chi connectivity index (χ3n) is 4.37. The number of ether oxygens (including phenoxy) is 1. The largest absolute Gasteiger partial charge is 0.450 e. The summed E-state index contributed by atoms with van der Waals surface area (Å²) in [6.45, 7) is 6.52. The minimum absolute atomic E-state index is 0.0861. The lowest BCUT2D eigenvalue weighted by molar-refractivity contribution is -0.135. The lowest BCUT2D eigenvalue weighted by atomic mass is 10.00. The molecule has 27 heavy (non-hydrogen) atoms. The summed E-state index contributed by atoms with van der Waals surface area (Å²) < 4.78 is 32.5. The van der Waals surface area contributed by atoms with Gasteiger partial charge in [-0.05, 0) is 37.1 Å². The van der Waals surface area contributed by atoms with E-state index in [9.17, 15) is 18.0 Å². The molecular formula is C17H27N3O5S2. The molecule has 0 aliphatic carbocycles. The maximum absolute atomic E-state index is 12.8. The highest BCUT2D eigenvalue weighted by molar-refractivity contribution is 7.91. The molecule has 2 amide bonds. The van der Waals surface area contributed by atoms with Crippen molar-refractivity contribution in [3.05, 3.63) is 17.5 Å². The van der Waals surface area contributed by atoms with E-state index in [1.54, 1.807) is 29.3 Å². The zero-order chi connectivity index (χ0) is 20.0. The number of amides is 2. The molecule has 0 aromatic carbocycles. The zero-order valence-electron chi connectivity index (χ0n) is 15.8. The SMILES string of the molecule is CCOC(=O)NC(C(=O)N1CCC(NS(=O)(=O)c2cccs2)CC1)C(C)C. The topological polar surface area (TPSA) is 105 Å². The van der Waals surface area contributed by atoms with Crippen LogP contribution in [0, 0.1) is 5.92 Å².